The number of hydrogen-bond acceptors (Lipinski definition) is 1. The normalized spacial score (nSPS) is 12.8. The van der Waals surface area contributed by atoms with Crippen molar-refractivity contribution in [1.82, 2.24) is 0 Å². The van der Waals surface area contributed by atoms with Gasteiger partial charge in [0, 0.05) is 0 Å². The lowest BCUT2D eigenvalue weighted by Gasteiger charge is -2.10. The maximum atomic E-state index is 2.37. The van der Waals surface area contributed by atoms with Crippen LogP contribution in [0.15, 0.2) is 10.8 Å². The summed E-state index contributed by atoms with van der Waals surface area (Å²) < 4.78 is 0. The largest absolute Gasteiger partial charge is 0.152 e. The molecule has 0 radical (unpaired) electrons. The molecule has 0 saturated carbocycles. The van der Waals surface area contributed by atoms with Gasteiger partial charge in [-0.3, -0.25) is 0 Å². The SMILES string of the molecule is CCCCCCCCCc1cscc1C(C)CC. The van der Waals surface area contributed by atoms with Gasteiger partial charge in [0.15, 0.2) is 0 Å². The Morgan fingerprint density at radius 3 is 2.28 bits per heavy atom. The Morgan fingerprint density at radius 1 is 0.944 bits per heavy atom. The second-order valence-electron chi connectivity index (χ2n) is 5.53. The predicted molar refractivity (Wildman–Crippen MR) is 84.7 cm³/mol. The minimum Gasteiger partial charge on any atom is -0.152 e. The lowest BCUT2D eigenvalue weighted by molar-refractivity contribution is 0.587. The third-order valence-electron chi connectivity index (χ3n) is 3.97. The second kappa shape index (κ2) is 9.61. The van der Waals surface area contributed by atoms with Crippen LogP contribution in [0.4, 0.5) is 0 Å². The average Bonchev–Trinajstić information content (AvgIpc) is 2.85. The first kappa shape index (κ1) is 15.8. The van der Waals surface area contributed by atoms with Crippen molar-refractivity contribution >= 4 is 11.3 Å². The molecule has 0 aliphatic carbocycles. The van der Waals surface area contributed by atoms with Crippen molar-refractivity contribution in [3.05, 3.63) is 21.9 Å². The number of thiophene rings is 1. The lowest BCUT2D eigenvalue weighted by Crippen LogP contribution is -1.95. The van der Waals surface area contributed by atoms with Crippen LogP contribution in [0.5, 0.6) is 0 Å². The third kappa shape index (κ3) is 5.56. The molecule has 0 nitrogen and oxygen atoms in total. The van der Waals surface area contributed by atoms with Crippen LogP contribution in [0.25, 0.3) is 0 Å². The second-order valence-corrected chi connectivity index (χ2v) is 6.28. The molecular formula is C17H30S. The molecule has 1 aromatic heterocycles. The van der Waals surface area contributed by atoms with E-state index in [-0.39, 0.29) is 0 Å². The Kier molecular flexibility index (Phi) is 8.41. The van der Waals surface area contributed by atoms with E-state index in [1.165, 1.54) is 57.8 Å². The molecule has 0 saturated heterocycles. The van der Waals surface area contributed by atoms with Crippen molar-refractivity contribution in [1.29, 1.82) is 0 Å². The molecular weight excluding hydrogens is 236 g/mol. The number of hydrogen-bond donors (Lipinski definition) is 0. The van der Waals surface area contributed by atoms with Crippen molar-refractivity contribution < 1.29 is 0 Å². The lowest BCUT2D eigenvalue weighted by atomic mass is 9.95. The van der Waals surface area contributed by atoms with Gasteiger partial charge >= 0.3 is 0 Å². The van der Waals surface area contributed by atoms with Crippen LogP contribution in [0, 0.1) is 0 Å². The molecule has 1 rings (SSSR count). The van der Waals surface area contributed by atoms with Crippen LogP contribution in [-0.2, 0) is 6.42 Å². The fourth-order valence-corrected chi connectivity index (χ4v) is 3.48. The topological polar surface area (TPSA) is 0 Å². The van der Waals surface area contributed by atoms with Gasteiger partial charge < -0.3 is 0 Å². The highest BCUT2D eigenvalue weighted by Gasteiger charge is 2.09. The van der Waals surface area contributed by atoms with E-state index in [9.17, 15) is 0 Å². The van der Waals surface area contributed by atoms with E-state index in [1.54, 1.807) is 11.1 Å². The van der Waals surface area contributed by atoms with Crippen LogP contribution in [0.1, 0.15) is 89.2 Å². The summed E-state index contributed by atoms with van der Waals surface area (Å²) in [6, 6.07) is 0. The molecule has 1 aromatic rings. The van der Waals surface area contributed by atoms with E-state index in [0.717, 1.165) is 5.92 Å². The van der Waals surface area contributed by atoms with Crippen LogP contribution in [0.3, 0.4) is 0 Å². The molecule has 0 aliphatic heterocycles. The molecule has 0 spiro atoms. The number of rotatable bonds is 10. The zero-order valence-corrected chi connectivity index (χ0v) is 13.3. The van der Waals surface area contributed by atoms with Gasteiger partial charge in [-0.15, -0.1) is 0 Å². The van der Waals surface area contributed by atoms with E-state index in [0.29, 0.717) is 0 Å². The van der Waals surface area contributed by atoms with Gasteiger partial charge in [-0.1, -0.05) is 59.3 Å². The number of unbranched alkanes of at least 4 members (excludes halogenated alkanes) is 6. The van der Waals surface area contributed by atoms with E-state index in [1.807, 2.05) is 11.3 Å². The van der Waals surface area contributed by atoms with E-state index >= 15 is 0 Å². The molecule has 104 valence electrons. The molecule has 0 N–H and O–H groups in total. The summed E-state index contributed by atoms with van der Waals surface area (Å²) in [6.45, 7) is 6.93. The summed E-state index contributed by atoms with van der Waals surface area (Å²) in [6.07, 6.45) is 12.4. The highest BCUT2D eigenvalue weighted by atomic mass is 32.1. The van der Waals surface area contributed by atoms with Gasteiger partial charge in [-0.2, -0.15) is 11.3 Å². The maximum absolute atomic E-state index is 2.37. The smallest absolute Gasteiger partial charge is 0.00557 e. The Bertz CT molecular complexity index is 300. The average molecular weight is 266 g/mol. The molecule has 0 amide bonds. The Labute approximate surface area is 118 Å². The minimum absolute atomic E-state index is 0.746. The minimum atomic E-state index is 0.746. The van der Waals surface area contributed by atoms with Gasteiger partial charge in [-0.05, 0) is 47.1 Å². The van der Waals surface area contributed by atoms with Crippen molar-refractivity contribution in [3.8, 4) is 0 Å². The van der Waals surface area contributed by atoms with Crippen molar-refractivity contribution in [2.45, 2.75) is 84.5 Å². The molecule has 0 aliphatic rings. The van der Waals surface area contributed by atoms with Gasteiger partial charge in [-0.25, -0.2) is 0 Å². The van der Waals surface area contributed by atoms with Gasteiger partial charge in [0.1, 0.15) is 0 Å². The van der Waals surface area contributed by atoms with E-state index in [2.05, 4.69) is 31.5 Å². The third-order valence-corrected chi connectivity index (χ3v) is 4.78. The standard InChI is InChI=1S/C17H30S/c1-4-6-7-8-9-10-11-12-16-13-18-14-17(16)15(3)5-2/h13-15H,4-12H2,1-3H3. The summed E-state index contributed by atoms with van der Waals surface area (Å²) in [7, 11) is 0. The first-order valence-electron chi connectivity index (χ1n) is 7.84. The summed E-state index contributed by atoms with van der Waals surface area (Å²) >= 11 is 1.88. The maximum Gasteiger partial charge on any atom is -0.00557 e. The Hall–Kier alpha value is -0.300. The molecule has 18 heavy (non-hydrogen) atoms. The van der Waals surface area contributed by atoms with Gasteiger partial charge in [0.05, 0.1) is 0 Å². The van der Waals surface area contributed by atoms with Gasteiger partial charge in [0.2, 0.25) is 0 Å². The fourth-order valence-electron chi connectivity index (χ4n) is 2.46. The van der Waals surface area contributed by atoms with Crippen LogP contribution < -0.4 is 0 Å². The van der Waals surface area contributed by atoms with E-state index in [4.69, 9.17) is 0 Å². The fraction of sp³-hybridized carbons (Fsp3) is 0.765. The highest BCUT2D eigenvalue weighted by Crippen LogP contribution is 2.27. The van der Waals surface area contributed by atoms with E-state index < -0.39 is 0 Å². The summed E-state index contributed by atoms with van der Waals surface area (Å²) in [4.78, 5) is 0. The zero-order chi connectivity index (χ0) is 13.2. The monoisotopic (exact) mass is 266 g/mol. The summed E-state index contributed by atoms with van der Waals surface area (Å²) in [5.74, 6) is 0.746. The summed E-state index contributed by atoms with van der Waals surface area (Å²) in [5.41, 5.74) is 3.25. The Morgan fingerprint density at radius 2 is 1.61 bits per heavy atom. The molecule has 1 unspecified atom stereocenters. The first-order valence-corrected chi connectivity index (χ1v) is 8.78. The molecule has 0 fully saturated rings. The van der Waals surface area contributed by atoms with Crippen molar-refractivity contribution in [2.75, 3.05) is 0 Å². The predicted octanol–water partition coefficient (Wildman–Crippen LogP) is 6.55. The zero-order valence-electron chi connectivity index (χ0n) is 12.5. The molecule has 0 bridgehead atoms. The molecule has 1 heteroatoms. The van der Waals surface area contributed by atoms with Crippen molar-refractivity contribution in [2.24, 2.45) is 0 Å². The highest BCUT2D eigenvalue weighted by molar-refractivity contribution is 7.08. The van der Waals surface area contributed by atoms with Crippen LogP contribution >= 0.6 is 11.3 Å². The van der Waals surface area contributed by atoms with Crippen molar-refractivity contribution in [3.63, 3.8) is 0 Å². The summed E-state index contributed by atoms with van der Waals surface area (Å²) in [5, 5.41) is 4.74. The molecule has 1 heterocycles. The van der Waals surface area contributed by atoms with Gasteiger partial charge in [0.25, 0.3) is 0 Å². The molecule has 0 aromatic carbocycles. The Balaban J connectivity index is 2.17. The number of aryl methyl sites for hydroxylation is 1. The quantitative estimate of drug-likeness (QED) is 0.421. The molecule has 1 atom stereocenters. The van der Waals surface area contributed by atoms with Crippen LogP contribution in [-0.4, -0.2) is 0 Å². The first-order chi connectivity index (χ1) is 8.79. The van der Waals surface area contributed by atoms with Crippen LogP contribution in [0.2, 0.25) is 0 Å².